The first-order chi connectivity index (χ1) is 7.25. The SMILES string of the molecule is O=C(NCc1ccoc1)c1cc(S)cs1. The molecule has 0 unspecified atom stereocenters. The van der Waals surface area contributed by atoms with Gasteiger partial charge in [-0.05, 0) is 12.1 Å². The zero-order valence-corrected chi connectivity index (χ0v) is 9.48. The summed E-state index contributed by atoms with van der Waals surface area (Å²) in [6.45, 7) is 0.481. The highest BCUT2D eigenvalue weighted by molar-refractivity contribution is 7.80. The second-order valence-corrected chi connectivity index (χ2v) is 4.41. The van der Waals surface area contributed by atoms with E-state index in [4.69, 9.17) is 4.42 Å². The van der Waals surface area contributed by atoms with Crippen LogP contribution in [0.25, 0.3) is 0 Å². The monoisotopic (exact) mass is 239 g/mol. The van der Waals surface area contributed by atoms with E-state index in [1.807, 2.05) is 11.4 Å². The maximum atomic E-state index is 11.6. The lowest BCUT2D eigenvalue weighted by molar-refractivity contribution is 0.0955. The van der Waals surface area contributed by atoms with Crippen molar-refractivity contribution < 1.29 is 9.21 Å². The fourth-order valence-corrected chi connectivity index (χ4v) is 2.17. The molecule has 1 amide bonds. The molecule has 0 radical (unpaired) electrons. The largest absolute Gasteiger partial charge is 0.472 e. The zero-order valence-electron chi connectivity index (χ0n) is 7.77. The number of furan rings is 1. The van der Waals surface area contributed by atoms with Gasteiger partial charge in [0.25, 0.3) is 5.91 Å². The van der Waals surface area contributed by atoms with Crippen molar-refractivity contribution >= 4 is 29.9 Å². The summed E-state index contributed by atoms with van der Waals surface area (Å²) >= 11 is 5.53. The Morgan fingerprint density at radius 3 is 3.07 bits per heavy atom. The Morgan fingerprint density at radius 1 is 1.60 bits per heavy atom. The Kier molecular flexibility index (Phi) is 3.13. The molecule has 0 fully saturated rings. The van der Waals surface area contributed by atoms with Crippen LogP contribution in [0.1, 0.15) is 15.2 Å². The van der Waals surface area contributed by atoms with E-state index in [2.05, 4.69) is 17.9 Å². The first-order valence-corrected chi connectivity index (χ1v) is 5.65. The molecule has 0 saturated carbocycles. The molecular formula is C10H9NO2S2. The van der Waals surface area contributed by atoms with E-state index in [1.165, 1.54) is 11.3 Å². The molecule has 2 heterocycles. The van der Waals surface area contributed by atoms with E-state index in [9.17, 15) is 4.79 Å². The molecule has 2 aromatic rings. The van der Waals surface area contributed by atoms with Crippen LogP contribution in [-0.2, 0) is 6.54 Å². The molecule has 0 aliphatic carbocycles. The van der Waals surface area contributed by atoms with Crippen LogP contribution in [0, 0.1) is 0 Å². The third-order valence-corrected chi connectivity index (χ3v) is 3.20. The van der Waals surface area contributed by atoms with Crippen molar-refractivity contribution in [3.05, 3.63) is 40.5 Å². The van der Waals surface area contributed by atoms with E-state index in [-0.39, 0.29) is 5.91 Å². The van der Waals surface area contributed by atoms with Crippen LogP contribution in [0.5, 0.6) is 0 Å². The van der Waals surface area contributed by atoms with Crippen LogP contribution in [0.4, 0.5) is 0 Å². The normalized spacial score (nSPS) is 10.2. The van der Waals surface area contributed by atoms with Gasteiger partial charge in [0, 0.05) is 22.4 Å². The number of rotatable bonds is 3. The lowest BCUT2D eigenvalue weighted by Gasteiger charge is -1.99. The Balaban J connectivity index is 1.93. The number of amides is 1. The predicted octanol–water partition coefficient (Wildman–Crippen LogP) is 2.56. The summed E-state index contributed by atoms with van der Waals surface area (Å²) in [4.78, 5) is 13.1. The molecule has 0 spiro atoms. The summed E-state index contributed by atoms with van der Waals surface area (Å²) in [5, 5.41) is 4.62. The maximum absolute atomic E-state index is 11.6. The molecule has 0 atom stereocenters. The summed E-state index contributed by atoms with van der Waals surface area (Å²) in [5.41, 5.74) is 0.950. The van der Waals surface area contributed by atoms with Crippen LogP contribution in [0.3, 0.4) is 0 Å². The van der Waals surface area contributed by atoms with Crippen LogP contribution < -0.4 is 5.32 Å². The number of hydrogen-bond donors (Lipinski definition) is 2. The molecule has 78 valence electrons. The van der Waals surface area contributed by atoms with Gasteiger partial charge in [0.15, 0.2) is 0 Å². The van der Waals surface area contributed by atoms with E-state index in [0.717, 1.165) is 10.5 Å². The number of thiophene rings is 1. The van der Waals surface area contributed by atoms with Crippen molar-refractivity contribution in [3.8, 4) is 0 Å². The fourth-order valence-electron chi connectivity index (χ4n) is 1.11. The van der Waals surface area contributed by atoms with Crippen molar-refractivity contribution in [2.24, 2.45) is 0 Å². The molecule has 2 aromatic heterocycles. The van der Waals surface area contributed by atoms with Crippen molar-refractivity contribution in [1.29, 1.82) is 0 Å². The van der Waals surface area contributed by atoms with Crippen molar-refractivity contribution in [2.75, 3.05) is 0 Å². The molecule has 3 nitrogen and oxygen atoms in total. The highest BCUT2D eigenvalue weighted by atomic mass is 32.1. The predicted molar refractivity (Wildman–Crippen MR) is 61.4 cm³/mol. The highest BCUT2D eigenvalue weighted by Gasteiger charge is 2.07. The van der Waals surface area contributed by atoms with E-state index in [1.54, 1.807) is 18.6 Å². The first kappa shape index (κ1) is 10.3. The summed E-state index contributed by atoms with van der Waals surface area (Å²) in [5.74, 6) is -0.0819. The molecule has 15 heavy (non-hydrogen) atoms. The maximum Gasteiger partial charge on any atom is 0.261 e. The van der Waals surface area contributed by atoms with Gasteiger partial charge >= 0.3 is 0 Å². The van der Waals surface area contributed by atoms with Crippen LogP contribution in [0.15, 0.2) is 39.4 Å². The summed E-state index contributed by atoms with van der Waals surface area (Å²) < 4.78 is 4.90. The smallest absolute Gasteiger partial charge is 0.261 e. The van der Waals surface area contributed by atoms with E-state index >= 15 is 0 Å². The third-order valence-electron chi connectivity index (χ3n) is 1.84. The molecule has 0 aliphatic rings. The van der Waals surface area contributed by atoms with Crippen LogP contribution in [-0.4, -0.2) is 5.91 Å². The van der Waals surface area contributed by atoms with Crippen molar-refractivity contribution in [3.63, 3.8) is 0 Å². The van der Waals surface area contributed by atoms with Gasteiger partial charge < -0.3 is 9.73 Å². The molecule has 0 aliphatic heterocycles. The first-order valence-electron chi connectivity index (χ1n) is 4.32. The molecular weight excluding hydrogens is 230 g/mol. The van der Waals surface area contributed by atoms with Gasteiger partial charge in [-0.15, -0.1) is 24.0 Å². The summed E-state index contributed by atoms with van der Waals surface area (Å²) in [6, 6.07) is 3.57. The second-order valence-electron chi connectivity index (χ2n) is 2.98. The standard InChI is InChI=1S/C10H9NO2S2/c12-10(9-3-8(14)6-15-9)11-4-7-1-2-13-5-7/h1-3,5-6,14H,4H2,(H,11,12). The van der Waals surface area contributed by atoms with Gasteiger partial charge in [-0.2, -0.15) is 0 Å². The number of nitrogens with one attached hydrogen (secondary N) is 1. The van der Waals surface area contributed by atoms with E-state index in [0.29, 0.717) is 11.4 Å². The van der Waals surface area contributed by atoms with Gasteiger partial charge in [0.1, 0.15) is 0 Å². The molecule has 2 rings (SSSR count). The Bertz CT molecular complexity index is 448. The number of carbonyl (C=O) groups excluding carboxylic acids is 1. The Hall–Kier alpha value is -1.20. The third kappa shape index (κ3) is 2.64. The molecule has 0 bridgehead atoms. The Labute approximate surface area is 96.5 Å². The fraction of sp³-hybridized carbons (Fsp3) is 0.100. The quantitative estimate of drug-likeness (QED) is 0.808. The number of hydrogen-bond acceptors (Lipinski definition) is 4. The summed E-state index contributed by atoms with van der Waals surface area (Å²) in [7, 11) is 0. The lowest BCUT2D eigenvalue weighted by Crippen LogP contribution is -2.21. The van der Waals surface area contributed by atoms with Gasteiger partial charge in [-0.1, -0.05) is 0 Å². The highest BCUT2D eigenvalue weighted by Crippen LogP contribution is 2.17. The summed E-state index contributed by atoms with van der Waals surface area (Å²) in [6.07, 6.45) is 3.19. The van der Waals surface area contributed by atoms with Crippen molar-refractivity contribution in [1.82, 2.24) is 5.32 Å². The van der Waals surface area contributed by atoms with Crippen LogP contribution in [0.2, 0.25) is 0 Å². The van der Waals surface area contributed by atoms with E-state index < -0.39 is 0 Å². The zero-order chi connectivity index (χ0) is 10.7. The minimum atomic E-state index is -0.0819. The topological polar surface area (TPSA) is 42.2 Å². The van der Waals surface area contributed by atoms with Gasteiger partial charge in [-0.3, -0.25) is 4.79 Å². The molecule has 1 N–H and O–H groups in total. The average molecular weight is 239 g/mol. The minimum Gasteiger partial charge on any atom is -0.472 e. The van der Waals surface area contributed by atoms with Gasteiger partial charge in [-0.25, -0.2) is 0 Å². The van der Waals surface area contributed by atoms with Crippen LogP contribution >= 0.6 is 24.0 Å². The minimum absolute atomic E-state index is 0.0819. The lowest BCUT2D eigenvalue weighted by atomic mass is 10.3. The van der Waals surface area contributed by atoms with Crippen molar-refractivity contribution in [2.45, 2.75) is 11.4 Å². The average Bonchev–Trinajstić information content (AvgIpc) is 2.84. The number of carbonyl (C=O) groups is 1. The van der Waals surface area contributed by atoms with Gasteiger partial charge in [0.2, 0.25) is 0 Å². The number of thiol groups is 1. The molecule has 5 heteroatoms. The molecule has 0 saturated heterocycles. The molecule has 0 aromatic carbocycles. The Morgan fingerprint density at radius 2 is 2.47 bits per heavy atom. The van der Waals surface area contributed by atoms with Gasteiger partial charge in [0.05, 0.1) is 17.4 Å². The second kappa shape index (κ2) is 4.55.